The van der Waals surface area contributed by atoms with Gasteiger partial charge in [0.05, 0.1) is 7.11 Å². The highest BCUT2D eigenvalue weighted by Gasteiger charge is 2.22. The number of aliphatic carboxylic acids is 1. The highest BCUT2D eigenvalue weighted by Crippen LogP contribution is 2.27. The zero-order valence-electron chi connectivity index (χ0n) is 12.5. The van der Waals surface area contributed by atoms with Crippen molar-refractivity contribution in [2.45, 2.75) is 6.04 Å². The van der Waals surface area contributed by atoms with Crippen LogP contribution in [-0.2, 0) is 4.79 Å². The van der Waals surface area contributed by atoms with E-state index < -0.39 is 12.0 Å². The van der Waals surface area contributed by atoms with Gasteiger partial charge in [0.1, 0.15) is 11.8 Å². The molecule has 1 aromatic carbocycles. The Balaban J connectivity index is 2.29. The zero-order chi connectivity index (χ0) is 15.4. The van der Waals surface area contributed by atoms with E-state index in [1.165, 1.54) is 0 Å². The summed E-state index contributed by atoms with van der Waals surface area (Å²) < 4.78 is 5.21. The lowest BCUT2D eigenvalue weighted by Gasteiger charge is -2.16. The summed E-state index contributed by atoms with van der Waals surface area (Å²) in [6, 6.07) is 4.84. The third kappa shape index (κ3) is 3.53. The number of benzene rings is 1. The van der Waals surface area contributed by atoms with E-state index >= 15 is 0 Å². The molecule has 2 aromatic rings. The molecule has 0 radical (unpaired) electrons. The number of aromatic nitrogens is 1. The van der Waals surface area contributed by atoms with Crippen LogP contribution >= 0.6 is 0 Å². The monoisotopic (exact) mass is 291 g/mol. The summed E-state index contributed by atoms with van der Waals surface area (Å²) >= 11 is 0. The molecule has 0 saturated heterocycles. The maximum absolute atomic E-state index is 11.6. The molecule has 6 nitrogen and oxygen atoms in total. The van der Waals surface area contributed by atoms with Crippen LogP contribution in [0, 0.1) is 0 Å². The summed E-state index contributed by atoms with van der Waals surface area (Å²) in [6.07, 6.45) is 1.74. The third-order valence-electron chi connectivity index (χ3n) is 3.39. The first-order valence-corrected chi connectivity index (χ1v) is 6.79. The zero-order valence-corrected chi connectivity index (χ0v) is 12.5. The number of fused-ring (bicyclic) bond motifs is 1. The van der Waals surface area contributed by atoms with Crippen molar-refractivity contribution in [2.24, 2.45) is 0 Å². The molecule has 0 aliphatic rings. The topological polar surface area (TPSA) is 77.6 Å². The molecule has 6 heteroatoms. The van der Waals surface area contributed by atoms with Crippen LogP contribution in [0.2, 0.25) is 0 Å². The minimum atomic E-state index is -0.891. The van der Waals surface area contributed by atoms with Gasteiger partial charge in [0.25, 0.3) is 0 Å². The fourth-order valence-electron chi connectivity index (χ4n) is 2.25. The summed E-state index contributed by atoms with van der Waals surface area (Å²) in [5.41, 5.74) is 1.61. The highest BCUT2D eigenvalue weighted by atomic mass is 16.5. The summed E-state index contributed by atoms with van der Waals surface area (Å²) in [5.74, 6) is -0.182. The van der Waals surface area contributed by atoms with Crippen LogP contribution in [0.15, 0.2) is 24.4 Å². The maximum Gasteiger partial charge on any atom is 0.325 e. The van der Waals surface area contributed by atoms with E-state index in [1.54, 1.807) is 13.3 Å². The van der Waals surface area contributed by atoms with Gasteiger partial charge in [-0.25, -0.2) is 0 Å². The first-order valence-electron chi connectivity index (χ1n) is 6.79. The molecule has 0 saturated carbocycles. The number of nitrogens with zero attached hydrogens (tertiary/aromatic N) is 1. The number of ether oxygens (including phenoxy) is 1. The summed E-state index contributed by atoms with van der Waals surface area (Å²) in [5, 5.41) is 13.4. The molecule has 1 atom stereocenters. The Morgan fingerprint density at radius 2 is 2.24 bits per heavy atom. The second-order valence-corrected chi connectivity index (χ2v) is 5.18. The number of aromatic amines is 1. The van der Waals surface area contributed by atoms with Crippen LogP contribution in [0.4, 0.5) is 0 Å². The summed E-state index contributed by atoms with van der Waals surface area (Å²) in [6.45, 7) is 1.37. The second-order valence-electron chi connectivity index (χ2n) is 5.18. The van der Waals surface area contributed by atoms with Crippen molar-refractivity contribution in [1.29, 1.82) is 0 Å². The van der Waals surface area contributed by atoms with E-state index in [9.17, 15) is 9.90 Å². The van der Waals surface area contributed by atoms with E-state index in [1.807, 2.05) is 37.2 Å². The molecule has 0 aliphatic carbocycles. The first-order chi connectivity index (χ1) is 10.0. The number of likely N-dealkylation sites (N-methyl/N-ethyl adjacent to an activating group) is 1. The van der Waals surface area contributed by atoms with Gasteiger partial charge in [0, 0.05) is 35.8 Å². The molecule has 0 fully saturated rings. The molecule has 1 heterocycles. The maximum atomic E-state index is 11.6. The minimum absolute atomic E-state index is 0.598. The van der Waals surface area contributed by atoms with E-state index in [2.05, 4.69) is 10.3 Å². The van der Waals surface area contributed by atoms with Crippen LogP contribution in [0.25, 0.3) is 10.9 Å². The normalized spacial score (nSPS) is 12.8. The van der Waals surface area contributed by atoms with Gasteiger partial charge in [-0.3, -0.25) is 10.1 Å². The van der Waals surface area contributed by atoms with Crippen molar-refractivity contribution in [1.82, 2.24) is 15.2 Å². The van der Waals surface area contributed by atoms with Crippen LogP contribution in [0.5, 0.6) is 5.75 Å². The lowest BCUT2D eigenvalue weighted by molar-refractivity contribution is -0.139. The standard InChI is InChI=1S/C15H21N3O3/c1-18(2)7-6-16-14(15(19)20)12-9-17-13-5-4-10(21-3)8-11(12)13/h4-5,8-9,14,16-17H,6-7H2,1-3H3,(H,19,20). The van der Waals surface area contributed by atoms with Crippen molar-refractivity contribution < 1.29 is 14.6 Å². The Morgan fingerprint density at radius 1 is 1.48 bits per heavy atom. The predicted octanol–water partition coefficient (Wildman–Crippen LogP) is 1.45. The number of methoxy groups -OCH3 is 1. The van der Waals surface area contributed by atoms with Gasteiger partial charge in [-0.05, 0) is 32.3 Å². The Kier molecular flexibility index (Phi) is 4.82. The average Bonchev–Trinajstić information content (AvgIpc) is 2.85. The number of carbonyl (C=O) groups is 1. The largest absolute Gasteiger partial charge is 0.497 e. The van der Waals surface area contributed by atoms with Gasteiger partial charge in [-0.2, -0.15) is 0 Å². The fourth-order valence-corrected chi connectivity index (χ4v) is 2.25. The smallest absolute Gasteiger partial charge is 0.325 e. The number of carboxylic acids is 1. The van der Waals surface area contributed by atoms with Crippen molar-refractivity contribution >= 4 is 16.9 Å². The number of carboxylic acid groups (broad SMARTS) is 1. The molecule has 3 N–H and O–H groups in total. The molecule has 0 amide bonds. The molecule has 2 rings (SSSR count). The van der Waals surface area contributed by atoms with Gasteiger partial charge < -0.3 is 19.7 Å². The number of hydrogen-bond donors (Lipinski definition) is 3. The third-order valence-corrected chi connectivity index (χ3v) is 3.39. The van der Waals surface area contributed by atoms with E-state index in [0.717, 1.165) is 23.0 Å². The number of rotatable bonds is 7. The molecule has 114 valence electrons. The fraction of sp³-hybridized carbons (Fsp3) is 0.400. The predicted molar refractivity (Wildman–Crippen MR) is 81.8 cm³/mol. The lowest BCUT2D eigenvalue weighted by atomic mass is 10.1. The molecular formula is C15H21N3O3. The molecule has 0 spiro atoms. The second kappa shape index (κ2) is 6.60. The molecular weight excluding hydrogens is 270 g/mol. The van der Waals surface area contributed by atoms with Gasteiger partial charge in [-0.15, -0.1) is 0 Å². The van der Waals surface area contributed by atoms with Gasteiger partial charge in [0.2, 0.25) is 0 Å². The summed E-state index contributed by atoms with van der Waals surface area (Å²) in [7, 11) is 5.50. The van der Waals surface area contributed by atoms with Crippen LogP contribution < -0.4 is 10.1 Å². The highest BCUT2D eigenvalue weighted by molar-refractivity contribution is 5.90. The van der Waals surface area contributed by atoms with Crippen LogP contribution in [0.3, 0.4) is 0 Å². The van der Waals surface area contributed by atoms with Gasteiger partial charge in [-0.1, -0.05) is 0 Å². The molecule has 1 unspecified atom stereocenters. The number of hydrogen-bond acceptors (Lipinski definition) is 4. The minimum Gasteiger partial charge on any atom is -0.497 e. The number of H-pyrrole nitrogens is 1. The molecule has 0 aliphatic heterocycles. The Morgan fingerprint density at radius 3 is 2.86 bits per heavy atom. The summed E-state index contributed by atoms with van der Waals surface area (Å²) in [4.78, 5) is 16.7. The molecule has 21 heavy (non-hydrogen) atoms. The lowest BCUT2D eigenvalue weighted by Crippen LogP contribution is -2.33. The van der Waals surface area contributed by atoms with E-state index in [0.29, 0.717) is 12.3 Å². The van der Waals surface area contributed by atoms with Crippen LogP contribution in [-0.4, -0.2) is 55.3 Å². The molecule has 0 bridgehead atoms. The number of nitrogens with one attached hydrogen (secondary N) is 2. The van der Waals surface area contributed by atoms with E-state index in [4.69, 9.17) is 4.74 Å². The van der Waals surface area contributed by atoms with Gasteiger partial charge >= 0.3 is 5.97 Å². The first kappa shape index (κ1) is 15.3. The Hall–Kier alpha value is -2.05. The quantitative estimate of drug-likeness (QED) is 0.720. The Bertz CT molecular complexity index is 622. The van der Waals surface area contributed by atoms with Crippen molar-refractivity contribution in [2.75, 3.05) is 34.3 Å². The van der Waals surface area contributed by atoms with Crippen molar-refractivity contribution in [3.05, 3.63) is 30.0 Å². The van der Waals surface area contributed by atoms with Crippen molar-refractivity contribution in [3.63, 3.8) is 0 Å². The van der Waals surface area contributed by atoms with Crippen LogP contribution in [0.1, 0.15) is 11.6 Å². The SMILES string of the molecule is COc1ccc2[nH]cc(C(NCCN(C)C)C(=O)O)c2c1. The Labute approximate surface area is 123 Å². The van der Waals surface area contributed by atoms with Crippen molar-refractivity contribution in [3.8, 4) is 5.75 Å². The molecule has 1 aromatic heterocycles. The van der Waals surface area contributed by atoms with Gasteiger partial charge in [0.15, 0.2) is 0 Å². The van der Waals surface area contributed by atoms with E-state index in [-0.39, 0.29) is 0 Å². The average molecular weight is 291 g/mol.